The molecule has 0 radical (unpaired) electrons. The number of nitrogens with zero attached hydrogens (tertiary/aromatic N) is 2. The van der Waals surface area contributed by atoms with E-state index >= 15 is 0 Å². The highest BCUT2D eigenvalue weighted by Crippen LogP contribution is 2.35. The molecule has 2 atom stereocenters. The van der Waals surface area contributed by atoms with Crippen molar-refractivity contribution in [2.24, 2.45) is 0 Å². The molecule has 3 rings (SSSR count). The Hall–Kier alpha value is -2.75. The van der Waals surface area contributed by atoms with Gasteiger partial charge in [0.15, 0.2) is 0 Å². The lowest BCUT2D eigenvalue weighted by Crippen LogP contribution is -2.45. The molecule has 0 spiro atoms. The van der Waals surface area contributed by atoms with Crippen LogP contribution in [0.2, 0.25) is 0 Å². The van der Waals surface area contributed by atoms with Crippen LogP contribution < -0.4 is 4.90 Å². The number of alkyl halides is 5. The first-order valence-electron chi connectivity index (χ1n) is 9.18. The van der Waals surface area contributed by atoms with E-state index in [4.69, 9.17) is 5.11 Å². The molecular weight excluding hydrogens is 411 g/mol. The summed E-state index contributed by atoms with van der Waals surface area (Å²) < 4.78 is 67.8. The number of benzene rings is 1. The molecule has 2 heterocycles. The Balaban J connectivity index is 1.82. The normalized spacial score (nSPS) is 19.9. The number of halogens is 5. The van der Waals surface area contributed by atoms with Gasteiger partial charge in [-0.2, -0.15) is 22.0 Å². The molecule has 0 bridgehead atoms. The summed E-state index contributed by atoms with van der Waals surface area (Å²) in [6.07, 6.45) is -2.30. The van der Waals surface area contributed by atoms with Gasteiger partial charge in [-0.1, -0.05) is 6.07 Å². The average Bonchev–Trinajstić information content (AvgIpc) is 2.71. The first-order valence-corrected chi connectivity index (χ1v) is 9.18. The van der Waals surface area contributed by atoms with E-state index in [0.717, 1.165) is 6.07 Å². The highest BCUT2D eigenvalue weighted by atomic mass is 19.4. The molecule has 1 N–H and O–H groups in total. The van der Waals surface area contributed by atoms with Crippen LogP contribution in [0.25, 0.3) is 0 Å². The standard InChI is InChI=1S/C20H19F5N2O3/c21-19(22)30-11-16-7-3-14(13-4-8-17(26-9-13)20(23,24)25)10-27(16)15-5-1-12(2-6-15)18(28)29/h1-2,4-6,8-9,14,16,19H,3,7,10-11H2,(H,28,29). The molecular formula is C20H19F5N2O3. The molecule has 0 aliphatic carbocycles. The number of carbonyl (C=O) groups is 1. The number of rotatable bonds is 6. The fourth-order valence-corrected chi connectivity index (χ4v) is 3.58. The van der Waals surface area contributed by atoms with Gasteiger partial charge in [0.1, 0.15) is 5.69 Å². The summed E-state index contributed by atoms with van der Waals surface area (Å²) in [4.78, 5) is 16.4. The third-order valence-corrected chi connectivity index (χ3v) is 5.11. The molecule has 30 heavy (non-hydrogen) atoms. The summed E-state index contributed by atoms with van der Waals surface area (Å²) in [5.41, 5.74) is 0.335. The fourth-order valence-electron chi connectivity index (χ4n) is 3.58. The minimum absolute atomic E-state index is 0.0830. The number of aromatic nitrogens is 1. The molecule has 0 amide bonds. The van der Waals surface area contributed by atoms with Gasteiger partial charge in [0, 0.05) is 24.3 Å². The van der Waals surface area contributed by atoms with Gasteiger partial charge in [0.25, 0.3) is 0 Å². The van der Waals surface area contributed by atoms with Gasteiger partial charge in [0.05, 0.1) is 18.2 Å². The SMILES string of the molecule is O=C(O)c1ccc(N2CC(c3ccc(C(F)(F)F)nc3)CCC2COC(F)F)cc1. The molecule has 1 aromatic heterocycles. The lowest BCUT2D eigenvalue weighted by atomic mass is 9.87. The number of aromatic carboxylic acids is 1. The molecule has 1 saturated heterocycles. The Morgan fingerprint density at radius 1 is 1.17 bits per heavy atom. The minimum Gasteiger partial charge on any atom is -0.478 e. The van der Waals surface area contributed by atoms with Crippen molar-refractivity contribution < 1.29 is 36.6 Å². The van der Waals surface area contributed by atoms with Crippen molar-refractivity contribution in [3.05, 3.63) is 59.4 Å². The van der Waals surface area contributed by atoms with Crippen LogP contribution in [0.4, 0.5) is 27.6 Å². The molecule has 162 valence electrons. The maximum atomic E-state index is 12.7. The van der Waals surface area contributed by atoms with Gasteiger partial charge in [-0.25, -0.2) is 4.79 Å². The van der Waals surface area contributed by atoms with Crippen LogP contribution in [-0.2, 0) is 10.9 Å². The van der Waals surface area contributed by atoms with Crippen molar-refractivity contribution in [2.75, 3.05) is 18.1 Å². The minimum atomic E-state index is -4.53. The van der Waals surface area contributed by atoms with E-state index < -0.39 is 24.5 Å². The van der Waals surface area contributed by atoms with Gasteiger partial charge in [-0.15, -0.1) is 0 Å². The molecule has 1 aliphatic heterocycles. The Bertz CT molecular complexity index is 856. The topological polar surface area (TPSA) is 62.7 Å². The number of piperidine rings is 1. The third kappa shape index (κ3) is 5.24. The number of carboxylic acid groups (broad SMARTS) is 1. The largest absolute Gasteiger partial charge is 0.478 e. The summed E-state index contributed by atoms with van der Waals surface area (Å²) in [5, 5.41) is 9.05. The number of pyridine rings is 1. The van der Waals surface area contributed by atoms with Crippen molar-refractivity contribution in [1.29, 1.82) is 0 Å². The van der Waals surface area contributed by atoms with Crippen molar-refractivity contribution in [3.8, 4) is 0 Å². The van der Waals surface area contributed by atoms with Crippen molar-refractivity contribution in [1.82, 2.24) is 4.98 Å². The summed E-state index contributed by atoms with van der Waals surface area (Å²) in [6.45, 7) is -2.80. The highest BCUT2D eigenvalue weighted by Gasteiger charge is 2.34. The first kappa shape index (κ1) is 21.9. The molecule has 2 unspecified atom stereocenters. The van der Waals surface area contributed by atoms with E-state index in [1.54, 1.807) is 12.1 Å². The lowest BCUT2D eigenvalue weighted by Gasteiger charge is -2.41. The molecule has 10 heteroatoms. The molecule has 5 nitrogen and oxygen atoms in total. The van der Waals surface area contributed by atoms with Crippen LogP contribution in [0.3, 0.4) is 0 Å². The molecule has 2 aromatic rings. The van der Waals surface area contributed by atoms with E-state index in [2.05, 4.69) is 9.72 Å². The van der Waals surface area contributed by atoms with Crippen molar-refractivity contribution in [2.45, 2.75) is 37.6 Å². The summed E-state index contributed by atoms with van der Waals surface area (Å²) in [6, 6.07) is 7.89. The Morgan fingerprint density at radius 2 is 1.87 bits per heavy atom. The zero-order chi connectivity index (χ0) is 21.9. The summed E-state index contributed by atoms with van der Waals surface area (Å²) in [5.74, 6) is -1.26. The van der Waals surface area contributed by atoms with Gasteiger partial charge < -0.3 is 14.7 Å². The lowest BCUT2D eigenvalue weighted by molar-refractivity contribution is -0.141. The number of hydrogen-bond acceptors (Lipinski definition) is 4. The molecule has 1 aromatic carbocycles. The fraction of sp³-hybridized carbons (Fsp3) is 0.400. The predicted octanol–water partition coefficient (Wildman–Crippen LogP) is 4.79. The van der Waals surface area contributed by atoms with E-state index in [1.807, 2.05) is 4.90 Å². The van der Waals surface area contributed by atoms with Crippen molar-refractivity contribution in [3.63, 3.8) is 0 Å². The maximum Gasteiger partial charge on any atom is 0.433 e. The summed E-state index contributed by atoms with van der Waals surface area (Å²) >= 11 is 0. The number of carboxylic acids is 1. The van der Waals surface area contributed by atoms with Crippen LogP contribution in [0.1, 0.15) is 40.4 Å². The van der Waals surface area contributed by atoms with Gasteiger partial charge in [-0.05, 0) is 48.7 Å². The number of hydrogen-bond donors (Lipinski definition) is 1. The third-order valence-electron chi connectivity index (χ3n) is 5.11. The van der Waals surface area contributed by atoms with E-state index in [0.29, 0.717) is 30.6 Å². The second kappa shape index (κ2) is 8.95. The zero-order valence-electron chi connectivity index (χ0n) is 15.6. The molecule has 0 saturated carbocycles. The average molecular weight is 430 g/mol. The Morgan fingerprint density at radius 3 is 2.40 bits per heavy atom. The monoisotopic (exact) mass is 430 g/mol. The van der Waals surface area contributed by atoms with Gasteiger partial charge >= 0.3 is 18.8 Å². The number of anilines is 1. The highest BCUT2D eigenvalue weighted by molar-refractivity contribution is 5.88. The van der Waals surface area contributed by atoms with Crippen LogP contribution in [-0.4, -0.2) is 41.9 Å². The summed E-state index contributed by atoms with van der Waals surface area (Å²) in [7, 11) is 0. The second-order valence-corrected chi connectivity index (χ2v) is 7.00. The predicted molar refractivity (Wildman–Crippen MR) is 97.7 cm³/mol. The number of ether oxygens (including phenoxy) is 1. The van der Waals surface area contributed by atoms with E-state index in [-0.39, 0.29) is 24.1 Å². The van der Waals surface area contributed by atoms with Crippen LogP contribution in [0.5, 0.6) is 0 Å². The quantitative estimate of drug-likeness (QED) is 0.668. The van der Waals surface area contributed by atoms with E-state index in [9.17, 15) is 26.7 Å². The molecule has 1 aliphatic rings. The smallest absolute Gasteiger partial charge is 0.433 e. The van der Waals surface area contributed by atoms with Gasteiger partial charge in [-0.3, -0.25) is 4.98 Å². The molecule has 1 fully saturated rings. The maximum absolute atomic E-state index is 12.7. The Labute approximate surface area is 169 Å². The second-order valence-electron chi connectivity index (χ2n) is 7.00. The first-order chi connectivity index (χ1) is 14.1. The zero-order valence-corrected chi connectivity index (χ0v) is 15.6. The van der Waals surface area contributed by atoms with Crippen LogP contribution >= 0.6 is 0 Å². The van der Waals surface area contributed by atoms with Crippen LogP contribution in [0, 0.1) is 0 Å². The Kier molecular flexibility index (Phi) is 6.55. The van der Waals surface area contributed by atoms with Crippen LogP contribution in [0.15, 0.2) is 42.6 Å². The van der Waals surface area contributed by atoms with Gasteiger partial charge in [0.2, 0.25) is 0 Å². The van der Waals surface area contributed by atoms with Crippen molar-refractivity contribution >= 4 is 11.7 Å². The van der Waals surface area contributed by atoms with E-state index in [1.165, 1.54) is 24.4 Å².